The van der Waals surface area contributed by atoms with Gasteiger partial charge in [-0.1, -0.05) is 35.3 Å². The molecule has 1 atom stereocenters. The van der Waals surface area contributed by atoms with Gasteiger partial charge in [0.1, 0.15) is 10.3 Å². The van der Waals surface area contributed by atoms with Gasteiger partial charge in [0.05, 0.1) is 21.5 Å². The van der Waals surface area contributed by atoms with Crippen molar-refractivity contribution >= 4 is 39.7 Å². The van der Waals surface area contributed by atoms with Crippen molar-refractivity contribution in [3.05, 3.63) is 56.3 Å². The minimum atomic E-state index is -1.53. The van der Waals surface area contributed by atoms with Crippen LogP contribution in [-0.2, 0) is 16.6 Å². The van der Waals surface area contributed by atoms with Crippen LogP contribution in [0.4, 0.5) is 5.69 Å². The van der Waals surface area contributed by atoms with E-state index in [1.54, 1.807) is 0 Å². The average molecular weight is 332 g/mol. The van der Waals surface area contributed by atoms with E-state index in [2.05, 4.69) is 9.97 Å². The zero-order chi connectivity index (χ0) is 14.7. The van der Waals surface area contributed by atoms with Crippen LogP contribution in [0.3, 0.4) is 0 Å². The van der Waals surface area contributed by atoms with E-state index in [4.69, 9.17) is 23.2 Å². The fraction of sp³-hybridized carbons (Fsp3) is 0.0909. The molecule has 9 heteroatoms. The Bertz CT molecular complexity index is 659. The molecule has 0 fully saturated rings. The number of nitro benzene ring substituents is 1. The summed E-state index contributed by atoms with van der Waals surface area (Å²) in [4.78, 5) is 17.7. The highest BCUT2D eigenvalue weighted by Gasteiger charge is 2.12. The molecule has 1 heterocycles. The van der Waals surface area contributed by atoms with Gasteiger partial charge in [-0.15, -0.1) is 0 Å². The molecule has 0 saturated carbocycles. The summed E-state index contributed by atoms with van der Waals surface area (Å²) in [5, 5.41) is 10.8. The largest absolute Gasteiger partial charge is 0.269 e. The number of nitro groups is 1. The van der Waals surface area contributed by atoms with Crippen LogP contribution in [0, 0.1) is 10.1 Å². The van der Waals surface area contributed by atoms with Crippen molar-refractivity contribution in [3.63, 3.8) is 0 Å². The summed E-state index contributed by atoms with van der Waals surface area (Å²) in [6.07, 6.45) is 0. The SMILES string of the molecule is O=[N+]([O-])c1ccc(CS(=O)c2nc(Cl)cc(Cl)n2)cc1. The molecular formula is C11H7Cl2N3O3S. The molecule has 20 heavy (non-hydrogen) atoms. The van der Waals surface area contributed by atoms with Crippen LogP contribution in [-0.4, -0.2) is 19.1 Å². The van der Waals surface area contributed by atoms with Crippen LogP contribution >= 0.6 is 23.2 Å². The molecule has 1 aromatic heterocycles. The molecule has 0 aliphatic heterocycles. The van der Waals surface area contributed by atoms with Crippen molar-refractivity contribution < 1.29 is 9.13 Å². The zero-order valence-corrected chi connectivity index (χ0v) is 12.2. The van der Waals surface area contributed by atoms with Crippen molar-refractivity contribution in [2.75, 3.05) is 0 Å². The van der Waals surface area contributed by atoms with Crippen LogP contribution in [0.1, 0.15) is 5.56 Å². The first-order valence-electron chi connectivity index (χ1n) is 5.27. The molecule has 0 radical (unpaired) electrons. The molecule has 0 amide bonds. The van der Waals surface area contributed by atoms with Gasteiger partial charge >= 0.3 is 0 Å². The number of hydrogen-bond acceptors (Lipinski definition) is 5. The predicted octanol–water partition coefficient (Wildman–Crippen LogP) is 3.00. The first-order chi connectivity index (χ1) is 9.45. The number of hydrogen-bond donors (Lipinski definition) is 0. The summed E-state index contributed by atoms with van der Waals surface area (Å²) in [6, 6.07) is 7.09. The van der Waals surface area contributed by atoms with Gasteiger partial charge in [0.25, 0.3) is 5.69 Å². The summed E-state index contributed by atoms with van der Waals surface area (Å²) in [5.41, 5.74) is 0.634. The van der Waals surface area contributed by atoms with E-state index in [1.807, 2.05) is 0 Å². The Balaban J connectivity index is 2.16. The number of benzene rings is 1. The Hall–Kier alpha value is -1.57. The third-order valence-electron chi connectivity index (χ3n) is 2.29. The molecule has 1 unspecified atom stereocenters. The molecular weight excluding hydrogens is 325 g/mol. The van der Waals surface area contributed by atoms with E-state index in [-0.39, 0.29) is 26.9 Å². The summed E-state index contributed by atoms with van der Waals surface area (Å²) >= 11 is 11.4. The van der Waals surface area contributed by atoms with Crippen molar-refractivity contribution in [2.24, 2.45) is 0 Å². The number of halogens is 2. The summed E-state index contributed by atoms with van der Waals surface area (Å²) < 4.78 is 12.1. The molecule has 0 saturated heterocycles. The highest BCUT2D eigenvalue weighted by molar-refractivity contribution is 7.84. The fourth-order valence-corrected chi connectivity index (χ4v) is 2.95. The maximum Gasteiger partial charge on any atom is 0.269 e. The molecule has 0 bridgehead atoms. The first kappa shape index (κ1) is 14.8. The summed E-state index contributed by atoms with van der Waals surface area (Å²) in [6.45, 7) is 0. The molecule has 2 aromatic rings. The highest BCUT2D eigenvalue weighted by atomic mass is 35.5. The van der Waals surface area contributed by atoms with E-state index in [0.717, 1.165) is 0 Å². The summed E-state index contributed by atoms with van der Waals surface area (Å²) in [7, 11) is -1.53. The second kappa shape index (κ2) is 6.25. The van der Waals surface area contributed by atoms with Crippen molar-refractivity contribution in [1.29, 1.82) is 0 Å². The molecule has 0 aliphatic carbocycles. The molecule has 1 aromatic carbocycles. The van der Waals surface area contributed by atoms with Gasteiger partial charge in [-0.05, 0) is 5.56 Å². The van der Waals surface area contributed by atoms with Crippen LogP contribution in [0.2, 0.25) is 10.3 Å². The van der Waals surface area contributed by atoms with Crippen molar-refractivity contribution in [3.8, 4) is 0 Å². The molecule has 6 nitrogen and oxygen atoms in total. The highest BCUT2D eigenvalue weighted by Crippen LogP contribution is 2.17. The average Bonchev–Trinajstić information content (AvgIpc) is 2.38. The summed E-state index contributed by atoms with van der Waals surface area (Å²) in [5.74, 6) is 0.120. The lowest BCUT2D eigenvalue weighted by Gasteiger charge is -2.02. The molecule has 0 spiro atoms. The normalized spacial score (nSPS) is 12.1. The van der Waals surface area contributed by atoms with Gasteiger partial charge in [0.2, 0.25) is 5.16 Å². The number of non-ortho nitro benzene ring substituents is 1. The second-order valence-corrected chi connectivity index (χ2v) is 5.83. The molecule has 2 rings (SSSR count). The standard InChI is InChI=1S/C11H7Cl2N3O3S/c12-9-5-10(13)15-11(14-9)20(19)6-7-1-3-8(4-2-7)16(17)18/h1-5H,6H2. The monoisotopic (exact) mass is 331 g/mol. The van der Waals surface area contributed by atoms with Crippen LogP contribution in [0.15, 0.2) is 35.5 Å². The molecule has 0 N–H and O–H groups in total. The minimum Gasteiger partial charge on any atom is -0.258 e. The fourth-order valence-electron chi connectivity index (χ4n) is 1.40. The predicted molar refractivity (Wildman–Crippen MR) is 75.3 cm³/mol. The second-order valence-electron chi connectivity index (χ2n) is 3.71. The van der Waals surface area contributed by atoms with Crippen LogP contribution in [0.5, 0.6) is 0 Å². The lowest BCUT2D eigenvalue weighted by molar-refractivity contribution is -0.384. The minimum absolute atomic E-state index is 0.0263. The van der Waals surface area contributed by atoms with Gasteiger partial charge < -0.3 is 0 Å². The van der Waals surface area contributed by atoms with E-state index < -0.39 is 15.7 Å². The van der Waals surface area contributed by atoms with Gasteiger partial charge in [-0.2, -0.15) is 0 Å². The van der Waals surface area contributed by atoms with E-state index in [1.165, 1.54) is 30.3 Å². The van der Waals surface area contributed by atoms with E-state index >= 15 is 0 Å². The lowest BCUT2D eigenvalue weighted by Crippen LogP contribution is -2.02. The maximum absolute atomic E-state index is 12.1. The topological polar surface area (TPSA) is 86.0 Å². The third-order valence-corrected chi connectivity index (χ3v) is 3.86. The van der Waals surface area contributed by atoms with E-state index in [0.29, 0.717) is 5.56 Å². The van der Waals surface area contributed by atoms with Gasteiger partial charge in [-0.25, -0.2) is 9.97 Å². The molecule has 104 valence electrons. The van der Waals surface area contributed by atoms with E-state index in [9.17, 15) is 14.3 Å². The third kappa shape index (κ3) is 3.72. The Morgan fingerprint density at radius 2 is 1.70 bits per heavy atom. The smallest absolute Gasteiger partial charge is 0.258 e. The Kier molecular flexibility index (Phi) is 4.64. The number of rotatable bonds is 4. The lowest BCUT2D eigenvalue weighted by atomic mass is 10.2. The zero-order valence-electron chi connectivity index (χ0n) is 9.82. The van der Waals surface area contributed by atoms with Crippen molar-refractivity contribution in [1.82, 2.24) is 9.97 Å². The van der Waals surface area contributed by atoms with Crippen molar-refractivity contribution in [2.45, 2.75) is 10.9 Å². The Morgan fingerprint density at radius 1 is 1.15 bits per heavy atom. The quantitative estimate of drug-likeness (QED) is 0.372. The Morgan fingerprint density at radius 3 is 2.20 bits per heavy atom. The number of nitrogens with zero attached hydrogens (tertiary/aromatic N) is 3. The van der Waals surface area contributed by atoms with Crippen LogP contribution in [0.25, 0.3) is 0 Å². The first-order valence-corrected chi connectivity index (χ1v) is 7.35. The van der Waals surface area contributed by atoms with Gasteiger partial charge in [0.15, 0.2) is 0 Å². The van der Waals surface area contributed by atoms with Crippen LogP contribution < -0.4 is 0 Å². The van der Waals surface area contributed by atoms with Gasteiger partial charge in [0, 0.05) is 18.2 Å². The maximum atomic E-state index is 12.1. The molecule has 0 aliphatic rings. The number of aromatic nitrogens is 2. The Labute approximate surface area is 126 Å². The van der Waals surface area contributed by atoms with Gasteiger partial charge in [-0.3, -0.25) is 14.3 Å².